The molecule has 0 saturated carbocycles. The highest BCUT2D eigenvalue weighted by Crippen LogP contribution is 2.32. The summed E-state index contributed by atoms with van der Waals surface area (Å²) in [5, 5.41) is 3.33. The van der Waals surface area contributed by atoms with E-state index in [0.29, 0.717) is 11.0 Å². The molecule has 0 spiro atoms. The van der Waals surface area contributed by atoms with Crippen molar-refractivity contribution in [3.8, 4) is 0 Å². The third kappa shape index (κ3) is 3.11. The standard InChI is InChI=1S/C21H19N3O4/c1-12-6-8-14(9-7-12)24-11-13(10-17(24)25)21(27)23-18-15-4-2-3-5-16(15)28-19(18)20(22)26/h2-9,13H,10-11H2,1H3,(H2,22,26)(H,23,27)/t13-/m0/s1. The van der Waals surface area contributed by atoms with Crippen molar-refractivity contribution in [1.82, 2.24) is 0 Å². The molecule has 3 amide bonds. The Bertz CT molecular complexity index is 1080. The van der Waals surface area contributed by atoms with E-state index in [2.05, 4.69) is 5.32 Å². The van der Waals surface area contributed by atoms with E-state index in [1.807, 2.05) is 31.2 Å². The van der Waals surface area contributed by atoms with Gasteiger partial charge in [0.15, 0.2) is 0 Å². The molecule has 1 saturated heterocycles. The second-order valence-corrected chi connectivity index (χ2v) is 6.90. The van der Waals surface area contributed by atoms with Crippen LogP contribution in [-0.2, 0) is 9.59 Å². The quantitative estimate of drug-likeness (QED) is 0.729. The summed E-state index contributed by atoms with van der Waals surface area (Å²) in [6.45, 7) is 2.24. The minimum Gasteiger partial charge on any atom is -0.449 e. The van der Waals surface area contributed by atoms with Crippen LogP contribution in [0.1, 0.15) is 22.5 Å². The molecule has 2 heterocycles. The Morgan fingerprint density at radius 2 is 1.86 bits per heavy atom. The number of amides is 3. The molecule has 1 atom stereocenters. The van der Waals surface area contributed by atoms with Gasteiger partial charge in [-0.2, -0.15) is 0 Å². The monoisotopic (exact) mass is 377 g/mol. The fraction of sp³-hybridized carbons (Fsp3) is 0.190. The topological polar surface area (TPSA) is 106 Å². The second kappa shape index (κ2) is 6.84. The maximum Gasteiger partial charge on any atom is 0.286 e. The third-order valence-corrected chi connectivity index (χ3v) is 4.91. The van der Waals surface area contributed by atoms with E-state index < -0.39 is 11.8 Å². The average Bonchev–Trinajstić information content (AvgIpc) is 3.24. The highest BCUT2D eigenvalue weighted by molar-refractivity contribution is 6.12. The minimum absolute atomic E-state index is 0.0986. The van der Waals surface area contributed by atoms with Crippen LogP contribution in [0.2, 0.25) is 0 Å². The van der Waals surface area contributed by atoms with E-state index in [4.69, 9.17) is 10.2 Å². The van der Waals surface area contributed by atoms with Crippen molar-refractivity contribution in [2.24, 2.45) is 11.7 Å². The van der Waals surface area contributed by atoms with Crippen LogP contribution >= 0.6 is 0 Å². The van der Waals surface area contributed by atoms with E-state index in [-0.39, 0.29) is 36.2 Å². The lowest BCUT2D eigenvalue weighted by atomic mass is 10.1. The van der Waals surface area contributed by atoms with Crippen molar-refractivity contribution in [3.05, 3.63) is 59.9 Å². The molecule has 3 aromatic rings. The summed E-state index contributed by atoms with van der Waals surface area (Å²) in [5.41, 5.74) is 7.95. The smallest absolute Gasteiger partial charge is 0.286 e. The third-order valence-electron chi connectivity index (χ3n) is 4.91. The molecule has 28 heavy (non-hydrogen) atoms. The summed E-state index contributed by atoms with van der Waals surface area (Å²) in [4.78, 5) is 38.6. The zero-order valence-electron chi connectivity index (χ0n) is 15.3. The van der Waals surface area contributed by atoms with Crippen molar-refractivity contribution in [3.63, 3.8) is 0 Å². The number of nitrogens with one attached hydrogen (secondary N) is 1. The van der Waals surface area contributed by atoms with Gasteiger partial charge in [-0.05, 0) is 31.2 Å². The minimum atomic E-state index is -0.768. The van der Waals surface area contributed by atoms with E-state index >= 15 is 0 Å². The number of rotatable bonds is 4. The Hall–Kier alpha value is -3.61. The van der Waals surface area contributed by atoms with Gasteiger partial charge in [-0.1, -0.05) is 29.8 Å². The molecule has 4 rings (SSSR count). The van der Waals surface area contributed by atoms with Crippen LogP contribution in [0, 0.1) is 12.8 Å². The van der Waals surface area contributed by atoms with Crippen molar-refractivity contribution >= 4 is 40.1 Å². The summed E-state index contributed by atoms with van der Waals surface area (Å²) in [5.74, 6) is -1.87. The Labute approximate surface area is 161 Å². The fourth-order valence-corrected chi connectivity index (χ4v) is 3.43. The maximum absolute atomic E-state index is 12.8. The molecule has 7 heteroatoms. The molecule has 142 valence electrons. The summed E-state index contributed by atoms with van der Waals surface area (Å²) >= 11 is 0. The van der Waals surface area contributed by atoms with Gasteiger partial charge in [-0.3, -0.25) is 14.4 Å². The van der Waals surface area contributed by atoms with Gasteiger partial charge < -0.3 is 20.4 Å². The van der Waals surface area contributed by atoms with Crippen LogP contribution in [0.5, 0.6) is 0 Å². The predicted octanol–water partition coefficient (Wildman–Crippen LogP) is 2.83. The Morgan fingerprint density at radius 1 is 1.14 bits per heavy atom. The van der Waals surface area contributed by atoms with Gasteiger partial charge in [-0.15, -0.1) is 0 Å². The molecule has 1 aliphatic heterocycles. The number of primary amides is 1. The average molecular weight is 377 g/mol. The lowest BCUT2D eigenvalue weighted by Crippen LogP contribution is -2.28. The Balaban J connectivity index is 1.57. The highest BCUT2D eigenvalue weighted by Gasteiger charge is 2.36. The Morgan fingerprint density at radius 3 is 2.57 bits per heavy atom. The van der Waals surface area contributed by atoms with Crippen molar-refractivity contribution in [2.45, 2.75) is 13.3 Å². The van der Waals surface area contributed by atoms with Crippen LogP contribution in [0.25, 0.3) is 11.0 Å². The summed E-state index contributed by atoms with van der Waals surface area (Å²) in [6, 6.07) is 14.5. The maximum atomic E-state index is 12.8. The SMILES string of the molecule is Cc1ccc(N2C[C@@H](C(=O)Nc3c(C(N)=O)oc4ccccc34)CC2=O)cc1. The predicted molar refractivity (Wildman–Crippen MR) is 105 cm³/mol. The van der Waals surface area contributed by atoms with Crippen LogP contribution in [0.4, 0.5) is 11.4 Å². The molecule has 0 unspecified atom stereocenters. The normalized spacial score (nSPS) is 16.5. The fourth-order valence-electron chi connectivity index (χ4n) is 3.43. The van der Waals surface area contributed by atoms with E-state index in [0.717, 1.165) is 11.3 Å². The van der Waals surface area contributed by atoms with Gasteiger partial charge in [0.05, 0.1) is 5.92 Å². The van der Waals surface area contributed by atoms with Gasteiger partial charge in [0.1, 0.15) is 11.3 Å². The molecule has 1 fully saturated rings. The van der Waals surface area contributed by atoms with Gasteiger partial charge in [0.25, 0.3) is 5.91 Å². The number of anilines is 2. The highest BCUT2D eigenvalue weighted by atomic mass is 16.3. The summed E-state index contributed by atoms with van der Waals surface area (Å²) in [7, 11) is 0. The molecule has 3 N–H and O–H groups in total. The van der Waals surface area contributed by atoms with Gasteiger partial charge in [0.2, 0.25) is 17.6 Å². The first-order chi connectivity index (χ1) is 13.4. The summed E-state index contributed by atoms with van der Waals surface area (Å²) < 4.78 is 5.48. The number of carbonyl (C=O) groups excluding carboxylic acids is 3. The zero-order valence-corrected chi connectivity index (χ0v) is 15.3. The molecule has 2 aromatic carbocycles. The van der Waals surface area contributed by atoms with E-state index in [1.54, 1.807) is 29.2 Å². The molecular formula is C21H19N3O4. The summed E-state index contributed by atoms with van der Waals surface area (Å²) in [6.07, 6.45) is 0.0986. The molecule has 0 bridgehead atoms. The first-order valence-electron chi connectivity index (χ1n) is 8.93. The first-order valence-corrected chi connectivity index (χ1v) is 8.93. The number of furan rings is 1. The Kier molecular flexibility index (Phi) is 4.35. The largest absolute Gasteiger partial charge is 0.449 e. The zero-order chi connectivity index (χ0) is 19.8. The number of para-hydroxylation sites is 1. The molecule has 7 nitrogen and oxygen atoms in total. The van der Waals surface area contributed by atoms with Crippen LogP contribution in [0.15, 0.2) is 52.9 Å². The number of carbonyl (C=O) groups is 3. The molecule has 0 radical (unpaired) electrons. The molecule has 0 aliphatic carbocycles. The lowest BCUT2D eigenvalue weighted by Gasteiger charge is -2.17. The number of aryl methyl sites for hydroxylation is 1. The van der Waals surface area contributed by atoms with Gasteiger partial charge >= 0.3 is 0 Å². The van der Waals surface area contributed by atoms with Crippen molar-refractivity contribution in [1.29, 1.82) is 0 Å². The van der Waals surface area contributed by atoms with E-state index in [9.17, 15) is 14.4 Å². The molecular weight excluding hydrogens is 358 g/mol. The van der Waals surface area contributed by atoms with Crippen LogP contribution in [0.3, 0.4) is 0 Å². The number of nitrogens with zero attached hydrogens (tertiary/aromatic N) is 1. The van der Waals surface area contributed by atoms with Crippen molar-refractivity contribution in [2.75, 3.05) is 16.8 Å². The molecule has 1 aromatic heterocycles. The van der Waals surface area contributed by atoms with Crippen LogP contribution in [-0.4, -0.2) is 24.3 Å². The van der Waals surface area contributed by atoms with Crippen molar-refractivity contribution < 1.29 is 18.8 Å². The van der Waals surface area contributed by atoms with Gasteiger partial charge in [-0.25, -0.2) is 0 Å². The lowest BCUT2D eigenvalue weighted by molar-refractivity contribution is -0.122. The first kappa shape index (κ1) is 17.8. The number of hydrogen-bond donors (Lipinski definition) is 2. The van der Waals surface area contributed by atoms with Gasteiger partial charge in [0, 0.05) is 24.0 Å². The number of hydrogen-bond acceptors (Lipinski definition) is 4. The second-order valence-electron chi connectivity index (χ2n) is 6.90. The number of fused-ring (bicyclic) bond motifs is 1. The number of benzene rings is 2. The van der Waals surface area contributed by atoms with Crippen LogP contribution < -0.4 is 16.0 Å². The number of nitrogens with two attached hydrogens (primary N) is 1. The van der Waals surface area contributed by atoms with E-state index in [1.165, 1.54) is 0 Å². The molecule has 1 aliphatic rings.